The van der Waals surface area contributed by atoms with Crippen LogP contribution in [0, 0.1) is 5.41 Å². The van der Waals surface area contributed by atoms with Crippen LogP contribution in [0.15, 0.2) is 18.2 Å². The van der Waals surface area contributed by atoms with Crippen LogP contribution >= 0.6 is 11.6 Å². The third-order valence-corrected chi connectivity index (χ3v) is 3.68. The standard InChI is InChI=1S/C17H25ClO4/c1-17(2,12-21-4)16(19)11-13-6-7-14(18)15(10-13)22-9-5-8-20-3/h6-7,10H,5,8-9,11-12H2,1-4H3. The summed E-state index contributed by atoms with van der Waals surface area (Å²) in [4.78, 5) is 12.3. The maximum atomic E-state index is 12.3. The highest BCUT2D eigenvalue weighted by Crippen LogP contribution is 2.27. The lowest BCUT2D eigenvalue weighted by Crippen LogP contribution is -2.30. The number of ketones is 1. The van der Waals surface area contributed by atoms with E-state index in [9.17, 15) is 4.79 Å². The van der Waals surface area contributed by atoms with Gasteiger partial charge in [0.05, 0.1) is 18.2 Å². The van der Waals surface area contributed by atoms with Gasteiger partial charge in [-0.2, -0.15) is 0 Å². The number of hydrogen-bond acceptors (Lipinski definition) is 4. The number of Topliss-reactive ketones (excluding diaryl/α,β-unsaturated/α-hetero) is 1. The summed E-state index contributed by atoms with van der Waals surface area (Å²) in [6.07, 6.45) is 1.12. The summed E-state index contributed by atoms with van der Waals surface area (Å²) < 4.78 is 15.7. The Morgan fingerprint density at radius 3 is 2.55 bits per heavy atom. The highest BCUT2D eigenvalue weighted by molar-refractivity contribution is 6.32. The Bertz CT molecular complexity index is 486. The fourth-order valence-corrected chi connectivity index (χ4v) is 2.19. The monoisotopic (exact) mass is 328 g/mol. The molecule has 0 N–H and O–H groups in total. The second-order valence-corrected chi connectivity index (χ2v) is 6.28. The first-order valence-electron chi connectivity index (χ1n) is 7.33. The van der Waals surface area contributed by atoms with Gasteiger partial charge in [0.2, 0.25) is 0 Å². The third-order valence-electron chi connectivity index (χ3n) is 3.37. The van der Waals surface area contributed by atoms with Crippen molar-refractivity contribution in [1.82, 2.24) is 0 Å². The smallest absolute Gasteiger partial charge is 0.145 e. The summed E-state index contributed by atoms with van der Waals surface area (Å²) in [5, 5.41) is 0.546. The molecule has 0 heterocycles. The Balaban J connectivity index is 2.70. The molecular formula is C17H25ClO4. The van der Waals surface area contributed by atoms with Crippen molar-refractivity contribution in [2.75, 3.05) is 34.0 Å². The van der Waals surface area contributed by atoms with Crippen LogP contribution in [0.4, 0.5) is 0 Å². The summed E-state index contributed by atoms with van der Waals surface area (Å²) in [5.41, 5.74) is 0.383. The summed E-state index contributed by atoms with van der Waals surface area (Å²) in [6.45, 7) is 5.34. The zero-order valence-electron chi connectivity index (χ0n) is 13.8. The predicted molar refractivity (Wildman–Crippen MR) is 87.8 cm³/mol. The summed E-state index contributed by atoms with van der Waals surface area (Å²) in [7, 11) is 3.25. The van der Waals surface area contributed by atoms with E-state index < -0.39 is 5.41 Å². The van der Waals surface area contributed by atoms with Crippen LogP contribution in [-0.4, -0.2) is 39.8 Å². The first-order valence-corrected chi connectivity index (χ1v) is 7.71. The zero-order chi connectivity index (χ0) is 16.6. The highest BCUT2D eigenvalue weighted by Gasteiger charge is 2.27. The molecule has 0 aliphatic heterocycles. The second-order valence-electron chi connectivity index (χ2n) is 5.88. The van der Waals surface area contributed by atoms with Gasteiger partial charge in [-0.3, -0.25) is 4.79 Å². The average molecular weight is 329 g/mol. The number of rotatable bonds is 10. The Hall–Kier alpha value is -1.10. The number of ether oxygens (including phenoxy) is 3. The molecule has 5 heteroatoms. The molecule has 0 radical (unpaired) electrons. The topological polar surface area (TPSA) is 44.8 Å². The number of carbonyl (C=O) groups is 1. The minimum Gasteiger partial charge on any atom is -0.492 e. The molecule has 0 bridgehead atoms. The first-order chi connectivity index (χ1) is 10.4. The first kappa shape index (κ1) is 18.9. The van der Waals surface area contributed by atoms with Gasteiger partial charge in [-0.1, -0.05) is 31.5 Å². The molecule has 0 aromatic heterocycles. The van der Waals surface area contributed by atoms with Crippen LogP contribution in [0.5, 0.6) is 5.75 Å². The number of halogens is 1. The van der Waals surface area contributed by atoms with Gasteiger partial charge in [0.1, 0.15) is 11.5 Å². The van der Waals surface area contributed by atoms with E-state index in [4.69, 9.17) is 25.8 Å². The number of benzene rings is 1. The number of methoxy groups -OCH3 is 2. The molecule has 22 heavy (non-hydrogen) atoms. The molecule has 124 valence electrons. The van der Waals surface area contributed by atoms with E-state index in [0.29, 0.717) is 37.0 Å². The van der Waals surface area contributed by atoms with Crippen molar-refractivity contribution in [2.24, 2.45) is 5.41 Å². The molecule has 0 unspecified atom stereocenters. The molecule has 4 nitrogen and oxygen atoms in total. The largest absolute Gasteiger partial charge is 0.492 e. The van der Waals surface area contributed by atoms with Gasteiger partial charge in [0, 0.05) is 39.1 Å². The summed E-state index contributed by atoms with van der Waals surface area (Å²) >= 11 is 6.12. The average Bonchev–Trinajstić information content (AvgIpc) is 2.46. The van der Waals surface area contributed by atoms with E-state index in [0.717, 1.165) is 12.0 Å². The molecule has 1 aromatic carbocycles. The molecule has 0 saturated carbocycles. The van der Waals surface area contributed by atoms with E-state index in [1.165, 1.54) is 0 Å². The van der Waals surface area contributed by atoms with Crippen molar-refractivity contribution in [3.05, 3.63) is 28.8 Å². The van der Waals surface area contributed by atoms with Crippen LogP contribution in [0.3, 0.4) is 0 Å². The van der Waals surface area contributed by atoms with Crippen LogP contribution in [-0.2, 0) is 20.7 Å². The van der Waals surface area contributed by atoms with E-state index in [2.05, 4.69) is 0 Å². The molecule has 0 fully saturated rings. The van der Waals surface area contributed by atoms with E-state index in [1.54, 1.807) is 20.3 Å². The normalized spacial score (nSPS) is 11.5. The lowest BCUT2D eigenvalue weighted by Gasteiger charge is -2.22. The molecule has 1 rings (SSSR count). The molecular weight excluding hydrogens is 304 g/mol. The fraction of sp³-hybridized carbons (Fsp3) is 0.588. The Morgan fingerprint density at radius 1 is 1.18 bits per heavy atom. The van der Waals surface area contributed by atoms with Crippen LogP contribution < -0.4 is 4.74 Å². The van der Waals surface area contributed by atoms with Gasteiger partial charge in [-0.05, 0) is 17.7 Å². The molecule has 0 saturated heterocycles. The van der Waals surface area contributed by atoms with Crippen LogP contribution in [0.1, 0.15) is 25.8 Å². The molecule has 0 aliphatic carbocycles. The number of hydrogen-bond donors (Lipinski definition) is 0. The van der Waals surface area contributed by atoms with Crippen molar-refractivity contribution in [1.29, 1.82) is 0 Å². The number of carbonyl (C=O) groups excluding carboxylic acids is 1. The lowest BCUT2D eigenvalue weighted by molar-refractivity contribution is -0.128. The summed E-state index contributed by atoms with van der Waals surface area (Å²) in [5.74, 6) is 0.731. The van der Waals surface area contributed by atoms with Gasteiger partial charge in [0.25, 0.3) is 0 Å². The zero-order valence-corrected chi connectivity index (χ0v) is 14.5. The molecule has 1 aromatic rings. The molecule has 0 atom stereocenters. The maximum absolute atomic E-state index is 12.3. The predicted octanol–water partition coefficient (Wildman–Crippen LogP) is 3.54. The second kappa shape index (κ2) is 9.13. The SMILES string of the molecule is COCCCOc1cc(CC(=O)C(C)(C)COC)ccc1Cl. The molecule has 0 spiro atoms. The van der Waals surface area contributed by atoms with Gasteiger partial charge in [-0.25, -0.2) is 0 Å². The van der Waals surface area contributed by atoms with Crippen molar-refractivity contribution < 1.29 is 19.0 Å². The molecule has 0 amide bonds. The minimum absolute atomic E-state index is 0.127. The lowest BCUT2D eigenvalue weighted by atomic mass is 9.85. The van der Waals surface area contributed by atoms with Crippen molar-refractivity contribution in [2.45, 2.75) is 26.7 Å². The minimum atomic E-state index is -0.506. The van der Waals surface area contributed by atoms with E-state index in [1.807, 2.05) is 26.0 Å². The van der Waals surface area contributed by atoms with Crippen molar-refractivity contribution >= 4 is 17.4 Å². The molecule has 0 aliphatic rings. The van der Waals surface area contributed by atoms with Gasteiger partial charge in [0.15, 0.2) is 0 Å². The van der Waals surface area contributed by atoms with Gasteiger partial charge >= 0.3 is 0 Å². The van der Waals surface area contributed by atoms with E-state index in [-0.39, 0.29) is 5.78 Å². The maximum Gasteiger partial charge on any atom is 0.145 e. The quantitative estimate of drug-likeness (QED) is 0.616. The fourth-order valence-electron chi connectivity index (χ4n) is 2.02. The van der Waals surface area contributed by atoms with Crippen molar-refractivity contribution in [3.63, 3.8) is 0 Å². The van der Waals surface area contributed by atoms with Crippen LogP contribution in [0.2, 0.25) is 5.02 Å². The van der Waals surface area contributed by atoms with Gasteiger partial charge < -0.3 is 14.2 Å². The van der Waals surface area contributed by atoms with Crippen LogP contribution in [0.25, 0.3) is 0 Å². The van der Waals surface area contributed by atoms with E-state index >= 15 is 0 Å². The Labute approximate surface area is 137 Å². The third kappa shape index (κ3) is 5.95. The Kier molecular flexibility index (Phi) is 7.87. The van der Waals surface area contributed by atoms with Gasteiger partial charge in [-0.15, -0.1) is 0 Å². The van der Waals surface area contributed by atoms with Crippen molar-refractivity contribution in [3.8, 4) is 5.75 Å². The highest BCUT2D eigenvalue weighted by atomic mass is 35.5. The summed E-state index contributed by atoms with van der Waals surface area (Å²) in [6, 6.07) is 5.44. The Morgan fingerprint density at radius 2 is 1.91 bits per heavy atom.